The van der Waals surface area contributed by atoms with Crippen LogP contribution in [0.2, 0.25) is 0 Å². The number of likely N-dealkylation sites (tertiary alicyclic amines) is 1. The van der Waals surface area contributed by atoms with Gasteiger partial charge in [0.15, 0.2) is 0 Å². The van der Waals surface area contributed by atoms with Gasteiger partial charge in [-0.3, -0.25) is 0 Å². The Morgan fingerprint density at radius 1 is 1.29 bits per heavy atom. The van der Waals surface area contributed by atoms with Gasteiger partial charge in [-0.15, -0.1) is 0 Å². The van der Waals surface area contributed by atoms with Crippen LogP contribution in [-0.4, -0.2) is 40.6 Å². The summed E-state index contributed by atoms with van der Waals surface area (Å²) in [5.74, 6) is -0.843. The third-order valence-electron chi connectivity index (χ3n) is 4.46. The van der Waals surface area contributed by atoms with Crippen molar-refractivity contribution < 1.29 is 9.90 Å². The number of aromatic carboxylic acids is 1. The Labute approximate surface area is 124 Å². The van der Waals surface area contributed by atoms with E-state index in [-0.39, 0.29) is 0 Å². The molecule has 0 spiro atoms. The molecule has 0 saturated carbocycles. The summed E-state index contributed by atoms with van der Waals surface area (Å²) >= 11 is 0. The maximum atomic E-state index is 11.5. The second-order valence-electron chi connectivity index (χ2n) is 5.92. The molecule has 3 rings (SSSR count). The Morgan fingerprint density at radius 3 is 2.76 bits per heavy atom. The van der Waals surface area contributed by atoms with Crippen LogP contribution >= 0.6 is 0 Å². The number of nitrogens with zero attached hydrogens (tertiary/aromatic N) is 1. The topological polar surface area (TPSA) is 56.3 Å². The molecule has 4 heteroatoms. The fourth-order valence-corrected chi connectivity index (χ4v) is 3.39. The van der Waals surface area contributed by atoms with Crippen molar-refractivity contribution in [1.82, 2.24) is 9.88 Å². The van der Waals surface area contributed by atoms with Crippen molar-refractivity contribution in [1.29, 1.82) is 0 Å². The van der Waals surface area contributed by atoms with E-state index in [1.807, 2.05) is 19.1 Å². The Kier molecular flexibility index (Phi) is 3.97. The monoisotopic (exact) mass is 286 g/mol. The summed E-state index contributed by atoms with van der Waals surface area (Å²) in [5.41, 5.74) is 3.24. The summed E-state index contributed by atoms with van der Waals surface area (Å²) in [7, 11) is 0. The molecule has 0 atom stereocenters. The molecule has 0 amide bonds. The van der Waals surface area contributed by atoms with E-state index in [1.54, 1.807) is 0 Å². The average Bonchev–Trinajstić information content (AvgIpc) is 2.82. The highest BCUT2D eigenvalue weighted by atomic mass is 16.4. The fraction of sp³-hybridized carbons (Fsp3) is 0.471. The van der Waals surface area contributed by atoms with E-state index in [1.165, 1.54) is 32.4 Å². The first-order valence-corrected chi connectivity index (χ1v) is 7.72. The van der Waals surface area contributed by atoms with Crippen LogP contribution in [0.25, 0.3) is 10.9 Å². The minimum absolute atomic E-state index is 0.430. The smallest absolute Gasteiger partial charge is 0.338 e. The predicted octanol–water partition coefficient (Wildman–Crippen LogP) is 3.20. The van der Waals surface area contributed by atoms with E-state index < -0.39 is 5.97 Å². The van der Waals surface area contributed by atoms with E-state index in [0.29, 0.717) is 5.56 Å². The number of hydrogen-bond donors (Lipinski definition) is 2. The Morgan fingerprint density at radius 2 is 2.05 bits per heavy atom. The van der Waals surface area contributed by atoms with Gasteiger partial charge in [-0.05, 0) is 50.9 Å². The van der Waals surface area contributed by atoms with Crippen LogP contribution in [0.4, 0.5) is 0 Å². The van der Waals surface area contributed by atoms with Gasteiger partial charge >= 0.3 is 5.97 Å². The zero-order valence-electron chi connectivity index (χ0n) is 12.5. The van der Waals surface area contributed by atoms with Crippen molar-refractivity contribution in [3.8, 4) is 0 Å². The second kappa shape index (κ2) is 5.90. The molecule has 1 aliphatic heterocycles. The number of carbonyl (C=O) groups is 1. The molecule has 2 heterocycles. The Balaban J connectivity index is 1.89. The molecule has 0 aliphatic carbocycles. The number of benzene rings is 1. The lowest BCUT2D eigenvalue weighted by Crippen LogP contribution is -2.31. The number of aromatic amines is 1. The summed E-state index contributed by atoms with van der Waals surface area (Å²) in [6, 6.07) is 6.03. The van der Waals surface area contributed by atoms with E-state index in [0.717, 1.165) is 35.1 Å². The number of aryl methyl sites for hydroxylation is 1. The van der Waals surface area contributed by atoms with Crippen LogP contribution in [0.15, 0.2) is 18.2 Å². The fourth-order valence-electron chi connectivity index (χ4n) is 3.39. The van der Waals surface area contributed by atoms with E-state index in [2.05, 4.69) is 16.0 Å². The Bertz CT molecular complexity index is 654. The number of fused-ring (bicyclic) bond motifs is 1. The van der Waals surface area contributed by atoms with Gasteiger partial charge in [-0.2, -0.15) is 0 Å². The molecule has 1 fully saturated rings. The van der Waals surface area contributed by atoms with Gasteiger partial charge in [0.05, 0.1) is 5.56 Å². The molecule has 112 valence electrons. The van der Waals surface area contributed by atoms with Crippen molar-refractivity contribution in [2.75, 3.05) is 19.6 Å². The molecule has 0 bridgehead atoms. The number of nitrogens with one attached hydrogen (secondary N) is 1. The first-order chi connectivity index (χ1) is 10.2. The van der Waals surface area contributed by atoms with Crippen LogP contribution in [0.1, 0.15) is 40.9 Å². The number of piperidine rings is 1. The first kappa shape index (κ1) is 14.1. The number of rotatable bonds is 4. The van der Waals surface area contributed by atoms with Crippen LogP contribution < -0.4 is 0 Å². The molecule has 0 unspecified atom stereocenters. The van der Waals surface area contributed by atoms with Crippen LogP contribution in [0, 0.1) is 6.92 Å². The summed E-state index contributed by atoms with van der Waals surface area (Å²) in [6.07, 6.45) is 4.82. The third-order valence-corrected chi connectivity index (χ3v) is 4.46. The van der Waals surface area contributed by atoms with Gasteiger partial charge in [0.2, 0.25) is 0 Å². The summed E-state index contributed by atoms with van der Waals surface area (Å²) in [4.78, 5) is 17.2. The van der Waals surface area contributed by atoms with Crippen molar-refractivity contribution in [2.24, 2.45) is 0 Å². The van der Waals surface area contributed by atoms with Gasteiger partial charge < -0.3 is 15.0 Å². The molecule has 1 aromatic heterocycles. The van der Waals surface area contributed by atoms with E-state index in [4.69, 9.17) is 0 Å². The van der Waals surface area contributed by atoms with Crippen LogP contribution in [-0.2, 0) is 6.42 Å². The largest absolute Gasteiger partial charge is 0.478 e. The zero-order valence-corrected chi connectivity index (χ0v) is 12.5. The van der Waals surface area contributed by atoms with Gasteiger partial charge in [0.1, 0.15) is 0 Å². The van der Waals surface area contributed by atoms with E-state index >= 15 is 0 Å². The van der Waals surface area contributed by atoms with Gasteiger partial charge in [-0.25, -0.2) is 4.79 Å². The molecule has 1 saturated heterocycles. The molecule has 1 aromatic carbocycles. The SMILES string of the molecule is Cc1[nH]c2cccc(CCN3CCCCC3)c2c1C(=O)O. The molecule has 21 heavy (non-hydrogen) atoms. The molecule has 2 aromatic rings. The zero-order chi connectivity index (χ0) is 14.8. The van der Waals surface area contributed by atoms with Crippen LogP contribution in [0.5, 0.6) is 0 Å². The number of carboxylic acids is 1. The first-order valence-electron chi connectivity index (χ1n) is 7.72. The second-order valence-corrected chi connectivity index (χ2v) is 5.92. The standard InChI is InChI=1S/C17H22N2O2/c1-12-15(17(20)21)16-13(6-5-7-14(16)18-12)8-11-19-9-3-2-4-10-19/h5-7,18H,2-4,8-11H2,1H3,(H,20,21). The normalized spacial score (nSPS) is 16.4. The molecular formula is C17H22N2O2. The number of H-pyrrole nitrogens is 1. The molecule has 2 N–H and O–H groups in total. The lowest BCUT2D eigenvalue weighted by Gasteiger charge is -2.26. The van der Waals surface area contributed by atoms with Crippen LogP contribution in [0.3, 0.4) is 0 Å². The van der Waals surface area contributed by atoms with Crippen molar-refractivity contribution in [3.05, 3.63) is 35.0 Å². The highest BCUT2D eigenvalue weighted by molar-refractivity contribution is 6.06. The summed E-state index contributed by atoms with van der Waals surface area (Å²) in [5, 5.41) is 10.4. The van der Waals surface area contributed by atoms with Crippen molar-refractivity contribution in [3.63, 3.8) is 0 Å². The quantitative estimate of drug-likeness (QED) is 0.907. The lowest BCUT2D eigenvalue weighted by molar-refractivity contribution is 0.0698. The predicted molar refractivity (Wildman–Crippen MR) is 84.0 cm³/mol. The third kappa shape index (κ3) is 2.81. The van der Waals surface area contributed by atoms with E-state index in [9.17, 15) is 9.90 Å². The van der Waals surface area contributed by atoms with Gasteiger partial charge in [0.25, 0.3) is 0 Å². The van der Waals surface area contributed by atoms with Gasteiger partial charge in [0, 0.05) is 23.1 Å². The van der Waals surface area contributed by atoms with Gasteiger partial charge in [-0.1, -0.05) is 18.6 Å². The average molecular weight is 286 g/mol. The summed E-state index contributed by atoms with van der Waals surface area (Å²) < 4.78 is 0. The van der Waals surface area contributed by atoms with Crippen molar-refractivity contribution >= 4 is 16.9 Å². The number of aromatic nitrogens is 1. The number of hydrogen-bond acceptors (Lipinski definition) is 2. The maximum absolute atomic E-state index is 11.5. The summed E-state index contributed by atoms with van der Waals surface area (Å²) in [6.45, 7) is 5.20. The maximum Gasteiger partial charge on any atom is 0.338 e. The lowest BCUT2D eigenvalue weighted by atomic mass is 10.0. The molecule has 1 aliphatic rings. The Hall–Kier alpha value is -1.81. The molecular weight excluding hydrogens is 264 g/mol. The minimum Gasteiger partial charge on any atom is -0.478 e. The number of carboxylic acid groups (broad SMARTS) is 1. The minimum atomic E-state index is -0.843. The highest BCUT2D eigenvalue weighted by Crippen LogP contribution is 2.26. The highest BCUT2D eigenvalue weighted by Gasteiger charge is 2.18. The van der Waals surface area contributed by atoms with Crippen molar-refractivity contribution in [2.45, 2.75) is 32.6 Å². The molecule has 4 nitrogen and oxygen atoms in total. The molecule has 0 radical (unpaired) electrons.